The Hall–Kier alpha value is -2.25. The SMILES string of the molecule is Cc1ccc(-c2n[nH]c(=S)n2CC(=O)Nc2cccc(Br)c2)cc1. The normalized spacial score (nSPS) is 10.6. The van der Waals surface area contributed by atoms with Gasteiger partial charge in [-0.1, -0.05) is 51.8 Å². The molecule has 3 aromatic rings. The molecule has 0 aliphatic heterocycles. The first-order valence-electron chi connectivity index (χ1n) is 7.30. The second-order valence-corrected chi connectivity index (χ2v) is 6.67. The first kappa shape index (κ1) is 16.6. The molecule has 1 heterocycles. The van der Waals surface area contributed by atoms with Gasteiger partial charge in [0, 0.05) is 15.7 Å². The van der Waals surface area contributed by atoms with Crippen LogP contribution in [0.25, 0.3) is 11.4 Å². The molecular weight excluding hydrogens is 388 g/mol. The second-order valence-electron chi connectivity index (χ2n) is 5.36. The summed E-state index contributed by atoms with van der Waals surface area (Å²) >= 11 is 8.64. The Labute approximate surface area is 152 Å². The minimum Gasteiger partial charge on any atom is -0.324 e. The van der Waals surface area contributed by atoms with Crippen LogP contribution >= 0.6 is 28.1 Å². The summed E-state index contributed by atoms with van der Waals surface area (Å²) in [6.07, 6.45) is 0. The quantitative estimate of drug-likeness (QED) is 0.638. The van der Waals surface area contributed by atoms with Gasteiger partial charge in [-0.3, -0.25) is 14.5 Å². The fraction of sp³-hybridized carbons (Fsp3) is 0.118. The number of rotatable bonds is 4. The Morgan fingerprint density at radius 3 is 2.75 bits per heavy atom. The van der Waals surface area contributed by atoms with E-state index in [1.165, 1.54) is 0 Å². The molecular formula is C17H15BrN4OS. The van der Waals surface area contributed by atoms with Crippen LogP contribution in [-0.4, -0.2) is 20.7 Å². The second kappa shape index (κ2) is 7.11. The molecule has 0 unspecified atom stereocenters. The number of aryl methyl sites for hydroxylation is 1. The van der Waals surface area contributed by atoms with Crippen molar-refractivity contribution in [1.82, 2.24) is 14.8 Å². The van der Waals surface area contributed by atoms with Crippen molar-refractivity contribution in [2.45, 2.75) is 13.5 Å². The van der Waals surface area contributed by atoms with E-state index in [9.17, 15) is 4.79 Å². The van der Waals surface area contributed by atoms with Gasteiger partial charge in [0.2, 0.25) is 5.91 Å². The van der Waals surface area contributed by atoms with Gasteiger partial charge >= 0.3 is 0 Å². The van der Waals surface area contributed by atoms with Crippen LogP contribution in [0.15, 0.2) is 53.0 Å². The number of H-pyrrole nitrogens is 1. The summed E-state index contributed by atoms with van der Waals surface area (Å²) in [6, 6.07) is 15.4. The van der Waals surface area contributed by atoms with Crippen LogP contribution in [0.3, 0.4) is 0 Å². The minimum absolute atomic E-state index is 0.0883. The van der Waals surface area contributed by atoms with E-state index in [0.717, 1.165) is 21.3 Å². The van der Waals surface area contributed by atoms with E-state index >= 15 is 0 Å². The molecule has 2 N–H and O–H groups in total. The van der Waals surface area contributed by atoms with Gasteiger partial charge in [0.05, 0.1) is 0 Å². The van der Waals surface area contributed by atoms with Gasteiger partial charge in [0.1, 0.15) is 6.54 Å². The Kier molecular flexibility index (Phi) is 4.92. The van der Waals surface area contributed by atoms with Crippen LogP contribution in [0, 0.1) is 11.7 Å². The zero-order valence-corrected chi connectivity index (χ0v) is 15.3. The van der Waals surface area contributed by atoms with Crippen molar-refractivity contribution in [2.24, 2.45) is 0 Å². The van der Waals surface area contributed by atoms with Crippen molar-refractivity contribution in [1.29, 1.82) is 0 Å². The average molecular weight is 403 g/mol. The number of aromatic nitrogens is 3. The molecule has 0 bridgehead atoms. The highest BCUT2D eigenvalue weighted by Gasteiger charge is 2.12. The van der Waals surface area contributed by atoms with Gasteiger partial charge in [0.15, 0.2) is 10.6 Å². The molecule has 0 saturated carbocycles. The maximum Gasteiger partial charge on any atom is 0.244 e. The van der Waals surface area contributed by atoms with E-state index in [1.54, 1.807) is 4.57 Å². The lowest BCUT2D eigenvalue weighted by Gasteiger charge is -2.09. The molecule has 3 rings (SSSR count). The zero-order valence-electron chi connectivity index (χ0n) is 12.9. The smallest absolute Gasteiger partial charge is 0.244 e. The lowest BCUT2D eigenvalue weighted by molar-refractivity contribution is -0.116. The van der Waals surface area contributed by atoms with Crippen LogP contribution in [0.1, 0.15) is 5.56 Å². The van der Waals surface area contributed by atoms with Crippen molar-refractivity contribution in [3.05, 3.63) is 63.3 Å². The van der Waals surface area contributed by atoms with Crippen LogP contribution < -0.4 is 5.32 Å². The van der Waals surface area contributed by atoms with E-state index in [2.05, 4.69) is 31.4 Å². The number of nitrogens with one attached hydrogen (secondary N) is 2. The molecule has 0 fully saturated rings. The highest BCUT2D eigenvalue weighted by Crippen LogP contribution is 2.19. The fourth-order valence-electron chi connectivity index (χ4n) is 2.30. The van der Waals surface area contributed by atoms with Gasteiger partial charge < -0.3 is 5.32 Å². The van der Waals surface area contributed by atoms with Gasteiger partial charge in [-0.25, -0.2) is 0 Å². The number of hydrogen-bond donors (Lipinski definition) is 2. The Morgan fingerprint density at radius 2 is 2.04 bits per heavy atom. The molecule has 0 saturated heterocycles. The average Bonchev–Trinajstić information content (AvgIpc) is 2.89. The molecule has 2 aromatic carbocycles. The molecule has 0 atom stereocenters. The monoisotopic (exact) mass is 402 g/mol. The number of carbonyl (C=O) groups excluding carboxylic acids is 1. The third-order valence-electron chi connectivity index (χ3n) is 3.48. The Balaban J connectivity index is 1.82. The highest BCUT2D eigenvalue weighted by molar-refractivity contribution is 9.10. The number of anilines is 1. The zero-order chi connectivity index (χ0) is 17.1. The van der Waals surface area contributed by atoms with Crippen LogP contribution in [-0.2, 0) is 11.3 Å². The van der Waals surface area contributed by atoms with Crippen LogP contribution in [0.4, 0.5) is 5.69 Å². The lowest BCUT2D eigenvalue weighted by Crippen LogP contribution is -2.19. The number of nitrogens with zero attached hydrogens (tertiary/aromatic N) is 2. The molecule has 7 heteroatoms. The van der Waals surface area contributed by atoms with Crippen molar-refractivity contribution >= 4 is 39.7 Å². The van der Waals surface area contributed by atoms with Crippen molar-refractivity contribution < 1.29 is 4.79 Å². The van der Waals surface area contributed by atoms with Crippen molar-refractivity contribution in [2.75, 3.05) is 5.32 Å². The number of hydrogen-bond acceptors (Lipinski definition) is 3. The standard InChI is InChI=1S/C17H15BrN4OS/c1-11-5-7-12(8-6-11)16-20-21-17(24)22(16)10-15(23)19-14-4-2-3-13(18)9-14/h2-9H,10H2,1H3,(H,19,23)(H,21,24). The van der Waals surface area contributed by atoms with Crippen LogP contribution in [0.5, 0.6) is 0 Å². The van der Waals surface area contributed by atoms with Crippen LogP contribution in [0.2, 0.25) is 0 Å². The third-order valence-corrected chi connectivity index (χ3v) is 4.28. The molecule has 122 valence electrons. The lowest BCUT2D eigenvalue weighted by atomic mass is 10.1. The summed E-state index contributed by atoms with van der Waals surface area (Å²) in [5.74, 6) is 0.475. The minimum atomic E-state index is -0.168. The molecule has 24 heavy (non-hydrogen) atoms. The Morgan fingerprint density at radius 1 is 1.29 bits per heavy atom. The third kappa shape index (κ3) is 3.80. The summed E-state index contributed by atoms with van der Waals surface area (Å²) in [5.41, 5.74) is 2.79. The number of aromatic amines is 1. The number of carbonyl (C=O) groups is 1. The summed E-state index contributed by atoms with van der Waals surface area (Å²) in [4.78, 5) is 12.3. The van der Waals surface area contributed by atoms with E-state index in [4.69, 9.17) is 12.2 Å². The predicted molar refractivity (Wildman–Crippen MR) is 100 cm³/mol. The number of amides is 1. The van der Waals surface area contributed by atoms with Gasteiger partial charge in [0.25, 0.3) is 0 Å². The summed E-state index contributed by atoms with van der Waals surface area (Å²) in [6.45, 7) is 2.11. The number of benzene rings is 2. The van der Waals surface area contributed by atoms with Gasteiger partial charge in [-0.15, -0.1) is 0 Å². The van der Waals surface area contributed by atoms with Crippen molar-refractivity contribution in [3.63, 3.8) is 0 Å². The first-order valence-corrected chi connectivity index (χ1v) is 8.51. The largest absolute Gasteiger partial charge is 0.324 e. The topological polar surface area (TPSA) is 62.7 Å². The molecule has 1 aromatic heterocycles. The molecule has 5 nitrogen and oxygen atoms in total. The summed E-state index contributed by atoms with van der Waals surface area (Å²) < 4.78 is 3.00. The molecule has 0 spiro atoms. The van der Waals surface area contributed by atoms with Gasteiger partial charge in [-0.05, 0) is 37.3 Å². The molecule has 0 radical (unpaired) electrons. The summed E-state index contributed by atoms with van der Waals surface area (Å²) in [7, 11) is 0. The molecule has 0 aliphatic carbocycles. The predicted octanol–water partition coefficient (Wildman–Crippen LogP) is 4.32. The van der Waals surface area contributed by atoms with Gasteiger partial charge in [-0.2, -0.15) is 5.10 Å². The first-order chi connectivity index (χ1) is 11.5. The molecule has 1 amide bonds. The van der Waals surface area contributed by atoms with Crippen molar-refractivity contribution in [3.8, 4) is 11.4 Å². The van der Waals surface area contributed by atoms with E-state index in [0.29, 0.717) is 10.6 Å². The number of halogens is 1. The fourth-order valence-corrected chi connectivity index (χ4v) is 2.89. The maximum absolute atomic E-state index is 12.3. The van der Waals surface area contributed by atoms with E-state index in [1.807, 2.05) is 55.5 Å². The Bertz CT molecular complexity index is 930. The highest BCUT2D eigenvalue weighted by atomic mass is 79.9. The van der Waals surface area contributed by atoms with E-state index in [-0.39, 0.29) is 12.5 Å². The maximum atomic E-state index is 12.3. The summed E-state index contributed by atoms with van der Waals surface area (Å²) in [5, 5.41) is 9.86. The molecule has 0 aliphatic rings. The van der Waals surface area contributed by atoms with E-state index < -0.39 is 0 Å².